The molecule has 0 aromatic heterocycles. The Hall–Kier alpha value is -0.520. The maximum atomic E-state index is 2.38. The van der Waals surface area contributed by atoms with Crippen molar-refractivity contribution < 1.29 is 0 Å². The van der Waals surface area contributed by atoms with Gasteiger partial charge in [0.15, 0.2) is 0 Å². The molecule has 0 aromatic carbocycles. The molecule has 0 saturated heterocycles. The second-order valence-corrected chi connectivity index (χ2v) is 5.93. The second kappa shape index (κ2) is 18.5. The molecule has 0 unspecified atom stereocenters. The minimum atomic E-state index is 1.22. The molecule has 0 aliphatic rings. The SMILES string of the molecule is CCCCCCC/C=C\CC/C=C/CCCCCCC. The molecule has 0 N–H and O–H groups in total. The lowest BCUT2D eigenvalue weighted by Crippen LogP contribution is -1.76. The van der Waals surface area contributed by atoms with Crippen LogP contribution in [0, 0.1) is 0 Å². The summed E-state index contributed by atoms with van der Waals surface area (Å²) in [5.74, 6) is 0. The molecule has 0 saturated carbocycles. The van der Waals surface area contributed by atoms with E-state index in [4.69, 9.17) is 0 Å². The van der Waals surface area contributed by atoms with Crippen molar-refractivity contribution in [2.24, 2.45) is 0 Å². The van der Waals surface area contributed by atoms with Gasteiger partial charge in [0.05, 0.1) is 0 Å². The Morgan fingerprint density at radius 1 is 0.400 bits per heavy atom. The Morgan fingerprint density at radius 3 is 1.15 bits per heavy atom. The van der Waals surface area contributed by atoms with Crippen LogP contribution in [0.25, 0.3) is 0 Å². The van der Waals surface area contributed by atoms with Crippen LogP contribution in [0.5, 0.6) is 0 Å². The van der Waals surface area contributed by atoms with E-state index in [2.05, 4.69) is 38.2 Å². The smallest absolute Gasteiger partial charge is 0.0316 e. The van der Waals surface area contributed by atoms with Crippen LogP contribution in [0.2, 0.25) is 0 Å². The van der Waals surface area contributed by atoms with Crippen LogP contribution in [-0.2, 0) is 0 Å². The first kappa shape index (κ1) is 19.5. The Kier molecular flexibility index (Phi) is 18.0. The molecule has 0 heteroatoms. The monoisotopic (exact) mass is 278 g/mol. The first-order chi connectivity index (χ1) is 9.91. The highest BCUT2D eigenvalue weighted by Crippen LogP contribution is 2.07. The number of hydrogen-bond acceptors (Lipinski definition) is 0. The molecule has 0 aliphatic heterocycles. The second-order valence-electron chi connectivity index (χ2n) is 5.93. The lowest BCUT2D eigenvalue weighted by Gasteiger charge is -1.96. The van der Waals surface area contributed by atoms with Gasteiger partial charge < -0.3 is 0 Å². The summed E-state index contributed by atoms with van der Waals surface area (Å²) >= 11 is 0. The molecule has 0 aromatic rings. The van der Waals surface area contributed by atoms with Crippen LogP contribution in [0.1, 0.15) is 104 Å². The summed E-state index contributed by atoms with van der Waals surface area (Å²) < 4.78 is 0. The zero-order valence-corrected chi connectivity index (χ0v) is 14.2. The fourth-order valence-electron chi connectivity index (χ4n) is 2.40. The molecule has 0 fully saturated rings. The predicted octanol–water partition coefficient (Wildman–Crippen LogP) is 7.60. The van der Waals surface area contributed by atoms with Gasteiger partial charge in [0.1, 0.15) is 0 Å². The van der Waals surface area contributed by atoms with E-state index in [9.17, 15) is 0 Å². The van der Waals surface area contributed by atoms with Gasteiger partial charge in [0.2, 0.25) is 0 Å². The summed E-state index contributed by atoms with van der Waals surface area (Å²) in [5, 5.41) is 0. The van der Waals surface area contributed by atoms with E-state index in [-0.39, 0.29) is 0 Å². The Morgan fingerprint density at radius 2 is 0.750 bits per heavy atom. The Bertz CT molecular complexity index is 188. The van der Waals surface area contributed by atoms with Gasteiger partial charge in [-0.2, -0.15) is 0 Å². The van der Waals surface area contributed by atoms with Gasteiger partial charge in [0, 0.05) is 0 Å². The van der Waals surface area contributed by atoms with Gasteiger partial charge in [-0.15, -0.1) is 0 Å². The molecule has 0 atom stereocenters. The Labute approximate surface area is 128 Å². The van der Waals surface area contributed by atoms with Gasteiger partial charge in [0.25, 0.3) is 0 Å². The molecule has 0 nitrogen and oxygen atoms in total. The topological polar surface area (TPSA) is 0 Å². The summed E-state index contributed by atoms with van der Waals surface area (Å²) in [4.78, 5) is 0. The van der Waals surface area contributed by atoms with Crippen LogP contribution in [-0.4, -0.2) is 0 Å². The molecule has 0 heterocycles. The number of hydrogen-bond donors (Lipinski definition) is 0. The van der Waals surface area contributed by atoms with Crippen molar-refractivity contribution in [1.82, 2.24) is 0 Å². The van der Waals surface area contributed by atoms with Gasteiger partial charge in [-0.3, -0.25) is 0 Å². The summed E-state index contributed by atoms with van der Waals surface area (Å²) in [6.07, 6.45) is 28.4. The standard InChI is InChI=1S/C20H38/c1-3-5-7-9-11-13-15-17-19-20-18-16-14-12-10-8-6-4-2/h15-18H,3-14,19-20H2,1-2H3/b17-15-,18-16+. The fourth-order valence-corrected chi connectivity index (χ4v) is 2.40. The third-order valence-electron chi connectivity index (χ3n) is 3.78. The van der Waals surface area contributed by atoms with Gasteiger partial charge in [-0.05, 0) is 38.5 Å². The number of allylic oxidation sites excluding steroid dienone is 4. The average molecular weight is 279 g/mol. The maximum absolute atomic E-state index is 2.38. The summed E-state index contributed by atoms with van der Waals surface area (Å²) in [6.45, 7) is 4.55. The van der Waals surface area contributed by atoms with Crippen LogP contribution >= 0.6 is 0 Å². The molecule has 0 aliphatic carbocycles. The third kappa shape index (κ3) is 17.5. The van der Waals surface area contributed by atoms with E-state index in [1.54, 1.807) is 0 Å². The predicted molar refractivity (Wildman–Crippen MR) is 94.3 cm³/mol. The lowest BCUT2D eigenvalue weighted by molar-refractivity contribution is 0.636. The molecular weight excluding hydrogens is 240 g/mol. The van der Waals surface area contributed by atoms with E-state index in [0.29, 0.717) is 0 Å². The van der Waals surface area contributed by atoms with Crippen LogP contribution in [0.4, 0.5) is 0 Å². The highest BCUT2D eigenvalue weighted by Gasteiger charge is 1.87. The summed E-state index contributed by atoms with van der Waals surface area (Å²) in [5.41, 5.74) is 0. The minimum Gasteiger partial charge on any atom is -0.0885 e. The zero-order valence-electron chi connectivity index (χ0n) is 14.2. The average Bonchev–Trinajstić information content (AvgIpc) is 2.47. The zero-order chi connectivity index (χ0) is 14.7. The van der Waals surface area contributed by atoms with Crippen LogP contribution in [0.3, 0.4) is 0 Å². The van der Waals surface area contributed by atoms with E-state index >= 15 is 0 Å². The fraction of sp³-hybridized carbons (Fsp3) is 0.800. The van der Waals surface area contributed by atoms with Crippen molar-refractivity contribution in [1.29, 1.82) is 0 Å². The maximum Gasteiger partial charge on any atom is -0.0316 e. The molecule has 0 amide bonds. The van der Waals surface area contributed by atoms with E-state index < -0.39 is 0 Å². The largest absolute Gasteiger partial charge is 0.0885 e. The van der Waals surface area contributed by atoms with Crippen LogP contribution in [0.15, 0.2) is 24.3 Å². The first-order valence-electron chi connectivity index (χ1n) is 9.21. The highest BCUT2D eigenvalue weighted by atomic mass is 13.9. The van der Waals surface area contributed by atoms with E-state index in [1.165, 1.54) is 89.9 Å². The van der Waals surface area contributed by atoms with Gasteiger partial charge in [-0.1, -0.05) is 89.5 Å². The van der Waals surface area contributed by atoms with Crippen LogP contribution < -0.4 is 0 Å². The first-order valence-corrected chi connectivity index (χ1v) is 9.21. The van der Waals surface area contributed by atoms with Gasteiger partial charge >= 0.3 is 0 Å². The van der Waals surface area contributed by atoms with Crippen molar-refractivity contribution in [3.8, 4) is 0 Å². The molecular formula is C20H38. The normalized spacial score (nSPS) is 11.9. The molecule has 0 rings (SSSR count). The van der Waals surface area contributed by atoms with Gasteiger partial charge in [-0.25, -0.2) is 0 Å². The quantitative estimate of drug-likeness (QED) is 0.214. The molecule has 0 radical (unpaired) electrons. The Balaban J connectivity index is 3.13. The molecule has 0 spiro atoms. The van der Waals surface area contributed by atoms with Crippen molar-refractivity contribution in [2.75, 3.05) is 0 Å². The lowest BCUT2D eigenvalue weighted by atomic mass is 10.1. The molecule has 20 heavy (non-hydrogen) atoms. The van der Waals surface area contributed by atoms with Crippen molar-refractivity contribution in [2.45, 2.75) is 104 Å². The number of unbranched alkanes of at least 4 members (excludes halogenated alkanes) is 11. The highest BCUT2D eigenvalue weighted by molar-refractivity contribution is 4.88. The minimum absolute atomic E-state index is 1.22. The third-order valence-corrected chi connectivity index (χ3v) is 3.78. The molecule has 118 valence electrons. The van der Waals surface area contributed by atoms with E-state index in [1.807, 2.05) is 0 Å². The van der Waals surface area contributed by atoms with Crippen molar-refractivity contribution >= 4 is 0 Å². The van der Waals surface area contributed by atoms with E-state index in [0.717, 1.165) is 0 Å². The van der Waals surface area contributed by atoms with Crippen molar-refractivity contribution in [3.63, 3.8) is 0 Å². The molecule has 0 bridgehead atoms. The summed E-state index contributed by atoms with van der Waals surface area (Å²) in [6, 6.07) is 0. The number of rotatable bonds is 15. The van der Waals surface area contributed by atoms with Crippen molar-refractivity contribution in [3.05, 3.63) is 24.3 Å². The summed E-state index contributed by atoms with van der Waals surface area (Å²) in [7, 11) is 0.